The molecule has 1 aromatic carbocycles. The van der Waals surface area contributed by atoms with Gasteiger partial charge in [0.2, 0.25) is 0 Å². The van der Waals surface area contributed by atoms with Crippen LogP contribution < -0.4 is 16.0 Å². The van der Waals surface area contributed by atoms with Crippen LogP contribution in [0.25, 0.3) is 0 Å². The first-order valence-electron chi connectivity index (χ1n) is 5.47. The van der Waals surface area contributed by atoms with E-state index in [4.69, 9.17) is 22.2 Å². The van der Waals surface area contributed by atoms with Gasteiger partial charge in [-0.05, 0) is 19.1 Å². The van der Waals surface area contributed by atoms with Crippen LogP contribution in [-0.4, -0.2) is 9.97 Å². The van der Waals surface area contributed by atoms with Crippen LogP contribution in [0.4, 0.5) is 10.2 Å². The van der Waals surface area contributed by atoms with E-state index in [0.29, 0.717) is 17.4 Å². The standard InChI is InChI=1S/C12H12ClFN4O/c1-7-4-11(18-15)17-12(16-7)6-19-8-2-3-9(13)10(14)5-8/h2-5H,6,15H2,1H3,(H,16,17,18). The van der Waals surface area contributed by atoms with E-state index in [1.54, 1.807) is 12.1 Å². The summed E-state index contributed by atoms with van der Waals surface area (Å²) in [5.74, 6) is 6.05. The van der Waals surface area contributed by atoms with Gasteiger partial charge in [0.1, 0.15) is 24.0 Å². The van der Waals surface area contributed by atoms with Crippen molar-refractivity contribution >= 4 is 17.4 Å². The summed E-state index contributed by atoms with van der Waals surface area (Å²) in [5.41, 5.74) is 3.19. The second kappa shape index (κ2) is 5.81. The number of benzene rings is 1. The van der Waals surface area contributed by atoms with Crippen LogP contribution in [0.1, 0.15) is 11.5 Å². The first kappa shape index (κ1) is 13.5. The lowest BCUT2D eigenvalue weighted by Crippen LogP contribution is -2.12. The van der Waals surface area contributed by atoms with Crippen molar-refractivity contribution in [1.82, 2.24) is 9.97 Å². The minimum Gasteiger partial charge on any atom is -0.486 e. The number of nitrogens with one attached hydrogen (secondary N) is 1. The van der Waals surface area contributed by atoms with E-state index in [1.165, 1.54) is 12.1 Å². The number of aromatic nitrogens is 2. The number of rotatable bonds is 4. The van der Waals surface area contributed by atoms with E-state index in [0.717, 1.165) is 5.69 Å². The monoisotopic (exact) mass is 282 g/mol. The van der Waals surface area contributed by atoms with E-state index in [9.17, 15) is 4.39 Å². The van der Waals surface area contributed by atoms with Gasteiger partial charge in [0.25, 0.3) is 0 Å². The van der Waals surface area contributed by atoms with Gasteiger partial charge in [0.15, 0.2) is 5.82 Å². The maximum atomic E-state index is 13.2. The summed E-state index contributed by atoms with van der Waals surface area (Å²) in [4.78, 5) is 8.30. The van der Waals surface area contributed by atoms with Gasteiger partial charge in [-0.3, -0.25) is 0 Å². The molecule has 0 saturated heterocycles. The average Bonchev–Trinajstić information content (AvgIpc) is 2.39. The number of nitrogens with two attached hydrogens (primary N) is 1. The summed E-state index contributed by atoms with van der Waals surface area (Å²) in [6, 6.07) is 5.91. The molecule has 5 nitrogen and oxygen atoms in total. The number of hydrogen-bond donors (Lipinski definition) is 2. The zero-order valence-electron chi connectivity index (χ0n) is 10.2. The van der Waals surface area contributed by atoms with E-state index in [1.807, 2.05) is 6.92 Å². The van der Waals surface area contributed by atoms with Crippen LogP contribution in [0.3, 0.4) is 0 Å². The minimum atomic E-state index is -0.534. The fourth-order valence-electron chi connectivity index (χ4n) is 1.48. The molecule has 3 N–H and O–H groups in total. The fourth-order valence-corrected chi connectivity index (χ4v) is 1.60. The Morgan fingerprint density at radius 1 is 1.37 bits per heavy atom. The van der Waals surface area contributed by atoms with Gasteiger partial charge in [-0.2, -0.15) is 0 Å². The molecule has 19 heavy (non-hydrogen) atoms. The zero-order chi connectivity index (χ0) is 13.8. The largest absolute Gasteiger partial charge is 0.486 e. The van der Waals surface area contributed by atoms with E-state index < -0.39 is 5.82 Å². The highest BCUT2D eigenvalue weighted by Crippen LogP contribution is 2.21. The Morgan fingerprint density at radius 2 is 2.16 bits per heavy atom. The van der Waals surface area contributed by atoms with Crippen LogP contribution in [0, 0.1) is 12.7 Å². The molecule has 0 amide bonds. The summed E-state index contributed by atoms with van der Waals surface area (Å²) in [6.45, 7) is 1.92. The molecular weight excluding hydrogens is 271 g/mol. The molecule has 7 heteroatoms. The molecule has 0 bridgehead atoms. The molecule has 0 radical (unpaired) electrons. The quantitative estimate of drug-likeness (QED) is 0.666. The van der Waals surface area contributed by atoms with Crippen molar-refractivity contribution < 1.29 is 9.13 Å². The number of hydrogen-bond acceptors (Lipinski definition) is 5. The topological polar surface area (TPSA) is 73.1 Å². The molecule has 0 aliphatic rings. The number of ether oxygens (including phenoxy) is 1. The Morgan fingerprint density at radius 3 is 2.84 bits per heavy atom. The van der Waals surface area contributed by atoms with Crippen LogP contribution in [0.2, 0.25) is 5.02 Å². The maximum absolute atomic E-state index is 13.2. The molecule has 0 spiro atoms. The molecule has 2 aromatic rings. The Bertz CT molecular complexity index is 594. The van der Waals surface area contributed by atoms with Crippen molar-refractivity contribution in [3.8, 4) is 5.75 Å². The van der Waals surface area contributed by atoms with Crippen molar-refractivity contribution in [2.24, 2.45) is 5.84 Å². The predicted molar refractivity (Wildman–Crippen MR) is 70.3 cm³/mol. The third kappa shape index (κ3) is 3.52. The molecule has 0 unspecified atom stereocenters. The number of anilines is 1. The molecular formula is C12H12ClFN4O. The van der Waals surface area contributed by atoms with E-state index in [-0.39, 0.29) is 11.6 Å². The van der Waals surface area contributed by atoms with Crippen molar-refractivity contribution in [3.05, 3.63) is 46.6 Å². The Hall–Kier alpha value is -1.92. The summed E-state index contributed by atoms with van der Waals surface area (Å²) >= 11 is 5.58. The van der Waals surface area contributed by atoms with Crippen molar-refractivity contribution in [1.29, 1.82) is 0 Å². The number of nitrogen functional groups attached to an aromatic ring is 1. The third-order valence-electron chi connectivity index (χ3n) is 2.31. The number of hydrazine groups is 1. The normalized spacial score (nSPS) is 10.3. The lowest BCUT2D eigenvalue weighted by Gasteiger charge is -2.08. The second-order valence-electron chi connectivity index (χ2n) is 3.82. The van der Waals surface area contributed by atoms with Crippen molar-refractivity contribution in [2.45, 2.75) is 13.5 Å². The average molecular weight is 283 g/mol. The summed E-state index contributed by atoms with van der Waals surface area (Å²) < 4.78 is 18.6. The highest BCUT2D eigenvalue weighted by atomic mass is 35.5. The molecule has 2 rings (SSSR count). The maximum Gasteiger partial charge on any atom is 0.168 e. The van der Waals surface area contributed by atoms with Crippen LogP contribution in [0.15, 0.2) is 24.3 Å². The summed E-state index contributed by atoms with van der Waals surface area (Å²) in [5, 5.41) is 0.0498. The Balaban J connectivity index is 2.09. The highest BCUT2D eigenvalue weighted by molar-refractivity contribution is 6.30. The zero-order valence-corrected chi connectivity index (χ0v) is 10.9. The fraction of sp³-hybridized carbons (Fsp3) is 0.167. The van der Waals surface area contributed by atoms with Gasteiger partial charge in [-0.1, -0.05) is 11.6 Å². The predicted octanol–water partition coefficient (Wildman–Crippen LogP) is 2.44. The molecule has 0 atom stereocenters. The molecule has 0 saturated carbocycles. The van der Waals surface area contributed by atoms with Crippen LogP contribution in [-0.2, 0) is 6.61 Å². The van der Waals surface area contributed by atoms with Gasteiger partial charge in [0.05, 0.1) is 5.02 Å². The van der Waals surface area contributed by atoms with Gasteiger partial charge in [0, 0.05) is 17.8 Å². The van der Waals surface area contributed by atoms with Crippen molar-refractivity contribution in [3.63, 3.8) is 0 Å². The molecule has 0 aliphatic carbocycles. The molecule has 0 aliphatic heterocycles. The number of nitrogens with zero attached hydrogens (tertiary/aromatic N) is 2. The summed E-state index contributed by atoms with van der Waals surface area (Å²) in [6.07, 6.45) is 0. The summed E-state index contributed by atoms with van der Waals surface area (Å²) in [7, 11) is 0. The van der Waals surface area contributed by atoms with Crippen LogP contribution in [0.5, 0.6) is 5.75 Å². The van der Waals surface area contributed by atoms with E-state index >= 15 is 0 Å². The Labute approximate surface area is 114 Å². The van der Waals surface area contributed by atoms with Gasteiger partial charge in [-0.15, -0.1) is 0 Å². The van der Waals surface area contributed by atoms with Crippen molar-refractivity contribution in [2.75, 3.05) is 5.43 Å². The smallest absolute Gasteiger partial charge is 0.168 e. The molecule has 1 heterocycles. The lowest BCUT2D eigenvalue weighted by molar-refractivity contribution is 0.294. The van der Waals surface area contributed by atoms with Gasteiger partial charge in [-0.25, -0.2) is 20.2 Å². The van der Waals surface area contributed by atoms with Gasteiger partial charge < -0.3 is 10.2 Å². The second-order valence-corrected chi connectivity index (χ2v) is 4.23. The third-order valence-corrected chi connectivity index (χ3v) is 2.61. The Kier molecular flexibility index (Phi) is 4.13. The van der Waals surface area contributed by atoms with Crippen LogP contribution >= 0.6 is 11.6 Å². The first-order chi connectivity index (χ1) is 9.08. The highest BCUT2D eigenvalue weighted by Gasteiger charge is 2.05. The lowest BCUT2D eigenvalue weighted by atomic mass is 10.3. The SMILES string of the molecule is Cc1cc(NN)nc(COc2ccc(Cl)c(F)c2)n1. The first-order valence-corrected chi connectivity index (χ1v) is 5.85. The number of halogens is 2. The number of aryl methyl sites for hydroxylation is 1. The molecule has 1 aromatic heterocycles. The van der Waals surface area contributed by atoms with Gasteiger partial charge >= 0.3 is 0 Å². The minimum absolute atomic E-state index is 0.0498. The molecule has 0 fully saturated rings. The molecule has 100 valence electrons. The van der Waals surface area contributed by atoms with E-state index in [2.05, 4.69) is 15.4 Å².